The fraction of sp³-hybridized carbons (Fsp3) is 0.0714. The van der Waals surface area contributed by atoms with Crippen LogP contribution in [0.3, 0.4) is 0 Å². The van der Waals surface area contributed by atoms with Crippen LogP contribution >= 0.6 is 0 Å². The van der Waals surface area contributed by atoms with Gasteiger partial charge in [-0.1, -0.05) is 42.5 Å². The summed E-state index contributed by atoms with van der Waals surface area (Å²) < 4.78 is 12.5. The quantitative estimate of drug-likeness (QED) is 0.743. The minimum Gasteiger partial charge on any atom is -0.246 e. The van der Waals surface area contributed by atoms with Crippen molar-refractivity contribution < 1.29 is 4.39 Å². The SMILES string of the molecule is N#Cc1cc(CF)ccc1-c1ccccc1. The van der Waals surface area contributed by atoms with Gasteiger partial charge < -0.3 is 0 Å². The van der Waals surface area contributed by atoms with E-state index in [1.54, 1.807) is 18.2 Å². The molecule has 0 unspecified atom stereocenters. The first kappa shape index (κ1) is 10.4. The second-order valence-electron chi connectivity index (χ2n) is 3.49. The lowest BCUT2D eigenvalue weighted by Crippen LogP contribution is -1.87. The van der Waals surface area contributed by atoms with Gasteiger partial charge >= 0.3 is 0 Å². The maximum Gasteiger partial charge on any atom is 0.115 e. The molecule has 2 aromatic carbocycles. The molecule has 0 saturated heterocycles. The normalized spacial score (nSPS) is 9.75. The Morgan fingerprint density at radius 3 is 2.44 bits per heavy atom. The van der Waals surface area contributed by atoms with E-state index in [1.807, 2.05) is 30.3 Å². The molecule has 2 rings (SSSR count). The Morgan fingerprint density at radius 2 is 1.81 bits per heavy atom. The summed E-state index contributed by atoms with van der Waals surface area (Å²) >= 11 is 0. The van der Waals surface area contributed by atoms with Crippen LogP contribution in [0.5, 0.6) is 0 Å². The van der Waals surface area contributed by atoms with Gasteiger partial charge in [-0.2, -0.15) is 5.26 Å². The largest absolute Gasteiger partial charge is 0.246 e. The number of nitrogens with zero attached hydrogens (tertiary/aromatic N) is 1. The van der Waals surface area contributed by atoms with Gasteiger partial charge in [0.1, 0.15) is 6.67 Å². The number of alkyl halides is 1. The maximum absolute atomic E-state index is 12.5. The number of hydrogen-bond acceptors (Lipinski definition) is 1. The highest BCUT2D eigenvalue weighted by Gasteiger charge is 2.05. The summed E-state index contributed by atoms with van der Waals surface area (Å²) in [7, 11) is 0. The molecule has 16 heavy (non-hydrogen) atoms. The van der Waals surface area contributed by atoms with Crippen LogP contribution in [0.15, 0.2) is 48.5 Å². The van der Waals surface area contributed by atoms with E-state index in [4.69, 9.17) is 5.26 Å². The number of benzene rings is 2. The van der Waals surface area contributed by atoms with Crippen LogP contribution in [0, 0.1) is 11.3 Å². The van der Waals surface area contributed by atoms with Crippen LogP contribution in [0.1, 0.15) is 11.1 Å². The van der Waals surface area contributed by atoms with Crippen molar-refractivity contribution in [3.8, 4) is 17.2 Å². The van der Waals surface area contributed by atoms with E-state index in [1.165, 1.54) is 0 Å². The van der Waals surface area contributed by atoms with Crippen LogP contribution in [0.4, 0.5) is 4.39 Å². The van der Waals surface area contributed by atoms with Crippen molar-refractivity contribution in [3.63, 3.8) is 0 Å². The van der Waals surface area contributed by atoms with E-state index >= 15 is 0 Å². The molecule has 0 radical (unpaired) electrons. The Labute approximate surface area is 93.8 Å². The summed E-state index contributed by atoms with van der Waals surface area (Å²) in [4.78, 5) is 0. The molecule has 0 saturated carbocycles. The molecule has 0 aromatic heterocycles. The van der Waals surface area contributed by atoms with Crippen LogP contribution in [0.2, 0.25) is 0 Å². The van der Waals surface area contributed by atoms with E-state index in [2.05, 4.69) is 6.07 Å². The average molecular weight is 211 g/mol. The predicted molar refractivity (Wildman–Crippen MR) is 61.4 cm³/mol. The number of halogens is 1. The molecule has 0 atom stereocenters. The third kappa shape index (κ3) is 1.94. The molecular formula is C14H10FN. The van der Waals surface area contributed by atoms with Crippen molar-refractivity contribution in [2.45, 2.75) is 6.67 Å². The minimum atomic E-state index is -0.538. The van der Waals surface area contributed by atoms with Gasteiger partial charge in [0.25, 0.3) is 0 Å². The molecule has 0 heterocycles. The number of rotatable bonds is 2. The van der Waals surface area contributed by atoms with Gasteiger partial charge in [-0.15, -0.1) is 0 Å². The van der Waals surface area contributed by atoms with Gasteiger partial charge in [-0.3, -0.25) is 0 Å². The van der Waals surface area contributed by atoms with E-state index in [-0.39, 0.29) is 0 Å². The zero-order valence-corrected chi connectivity index (χ0v) is 8.65. The molecule has 0 fully saturated rings. The predicted octanol–water partition coefficient (Wildman–Crippen LogP) is 3.69. The molecule has 0 bridgehead atoms. The molecule has 0 aliphatic carbocycles. The minimum absolute atomic E-state index is 0.515. The van der Waals surface area contributed by atoms with E-state index in [0.717, 1.165) is 11.1 Å². The van der Waals surface area contributed by atoms with Gasteiger partial charge in [0.15, 0.2) is 0 Å². The van der Waals surface area contributed by atoms with Crippen molar-refractivity contribution >= 4 is 0 Å². The number of hydrogen-bond donors (Lipinski definition) is 0. The van der Waals surface area contributed by atoms with E-state index < -0.39 is 6.67 Å². The Kier molecular flexibility index (Phi) is 2.98. The van der Waals surface area contributed by atoms with Crippen LogP contribution < -0.4 is 0 Å². The maximum atomic E-state index is 12.5. The molecule has 2 aromatic rings. The van der Waals surface area contributed by atoms with Crippen molar-refractivity contribution in [1.82, 2.24) is 0 Å². The molecule has 0 N–H and O–H groups in total. The molecule has 0 amide bonds. The molecule has 78 valence electrons. The zero-order chi connectivity index (χ0) is 11.4. The Bertz CT molecular complexity index is 526. The topological polar surface area (TPSA) is 23.8 Å². The third-order valence-corrected chi connectivity index (χ3v) is 2.44. The van der Waals surface area contributed by atoms with Gasteiger partial charge in [0.05, 0.1) is 11.6 Å². The molecule has 0 aliphatic rings. The fourth-order valence-corrected chi connectivity index (χ4v) is 1.64. The highest BCUT2D eigenvalue weighted by molar-refractivity contribution is 5.70. The molecule has 1 nitrogen and oxygen atoms in total. The smallest absolute Gasteiger partial charge is 0.115 e. The highest BCUT2D eigenvalue weighted by atomic mass is 19.1. The lowest BCUT2D eigenvalue weighted by molar-refractivity contribution is 0.485. The zero-order valence-electron chi connectivity index (χ0n) is 8.65. The monoisotopic (exact) mass is 211 g/mol. The summed E-state index contributed by atoms with van der Waals surface area (Å²) in [5.41, 5.74) is 2.88. The van der Waals surface area contributed by atoms with Crippen molar-refractivity contribution in [1.29, 1.82) is 5.26 Å². The van der Waals surface area contributed by atoms with Crippen LogP contribution in [-0.4, -0.2) is 0 Å². The lowest BCUT2D eigenvalue weighted by atomic mass is 9.98. The molecule has 2 heteroatoms. The molecule has 0 aliphatic heterocycles. The van der Waals surface area contributed by atoms with E-state index in [9.17, 15) is 4.39 Å². The van der Waals surface area contributed by atoms with Crippen molar-refractivity contribution in [3.05, 3.63) is 59.7 Å². The third-order valence-electron chi connectivity index (χ3n) is 2.44. The van der Waals surface area contributed by atoms with Crippen molar-refractivity contribution in [2.24, 2.45) is 0 Å². The molecular weight excluding hydrogens is 201 g/mol. The fourth-order valence-electron chi connectivity index (χ4n) is 1.64. The first-order chi connectivity index (χ1) is 7.85. The summed E-state index contributed by atoms with van der Waals surface area (Å²) in [5.74, 6) is 0. The highest BCUT2D eigenvalue weighted by Crippen LogP contribution is 2.24. The Balaban J connectivity index is 2.54. The summed E-state index contributed by atoms with van der Waals surface area (Å²) in [6, 6.07) is 16.8. The van der Waals surface area contributed by atoms with Gasteiger partial charge in [-0.05, 0) is 22.8 Å². The summed E-state index contributed by atoms with van der Waals surface area (Å²) in [6.45, 7) is -0.538. The molecule has 0 spiro atoms. The average Bonchev–Trinajstić information content (AvgIpc) is 2.39. The van der Waals surface area contributed by atoms with Crippen LogP contribution in [-0.2, 0) is 6.67 Å². The second kappa shape index (κ2) is 4.59. The van der Waals surface area contributed by atoms with E-state index in [0.29, 0.717) is 11.1 Å². The van der Waals surface area contributed by atoms with Gasteiger partial charge in [0, 0.05) is 0 Å². The Morgan fingerprint density at radius 1 is 1.06 bits per heavy atom. The standard InChI is InChI=1S/C14H10FN/c15-9-11-6-7-14(13(8-11)10-16)12-4-2-1-3-5-12/h1-8H,9H2. The summed E-state index contributed by atoms with van der Waals surface area (Å²) in [5, 5.41) is 9.03. The first-order valence-electron chi connectivity index (χ1n) is 4.99. The first-order valence-corrected chi connectivity index (χ1v) is 4.99. The number of nitriles is 1. The lowest BCUT2D eigenvalue weighted by Gasteiger charge is -2.05. The van der Waals surface area contributed by atoms with Gasteiger partial charge in [0.2, 0.25) is 0 Å². The van der Waals surface area contributed by atoms with Gasteiger partial charge in [-0.25, -0.2) is 4.39 Å². The van der Waals surface area contributed by atoms with Crippen LogP contribution in [0.25, 0.3) is 11.1 Å². The summed E-state index contributed by atoms with van der Waals surface area (Å²) in [6.07, 6.45) is 0. The van der Waals surface area contributed by atoms with Crippen molar-refractivity contribution in [2.75, 3.05) is 0 Å². The Hall–Kier alpha value is -2.14. The second-order valence-corrected chi connectivity index (χ2v) is 3.49.